The van der Waals surface area contributed by atoms with Gasteiger partial charge in [-0.25, -0.2) is 4.99 Å². The van der Waals surface area contributed by atoms with Crippen molar-refractivity contribution in [2.45, 2.75) is 37.6 Å². The summed E-state index contributed by atoms with van der Waals surface area (Å²) in [5.41, 5.74) is 1.68. The van der Waals surface area contributed by atoms with Gasteiger partial charge in [0.25, 0.3) is 5.91 Å². The van der Waals surface area contributed by atoms with Crippen LogP contribution in [0.4, 0.5) is 5.69 Å². The summed E-state index contributed by atoms with van der Waals surface area (Å²) in [7, 11) is 0. The summed E-state index contributed by atoms with van der Waals surface area (Å²) in [6.45, 7) is 4.62. The van der Waals surface area contributed by atoms with E-state index in [1.807, 2.05) is 30.0 Å². The molecule has 8 heteroatoms. The number of halogens is 1. The standard InChI is InChI=1S/C18H20ClN3O2S2/c1-11-12(19)4-3-5-13(11)20-17-21(8-9-25-17)16(24)14-10-26-18(2)7-6-15(23)22(14)18/h3-5,14H,6-10H2,1-2H3/t14-,18-/m0/s1. The number of fused-ring (bicyclic) bond motifs is 1. The summed E-state index contributed by atoms with van der Waals surface area (Å²) in [5, 5.41) is 1.36. The summed E-state index contributed by atoms with van der Waals surface area (Å²) >= 11 is 9.48. The van der Waals surface area contributed by atoms with E-state index >= 15 is 0 Å². The predicted octanol–water partition coefficient (Wildman–Crippen LogP) is 3.67. The van der Waals surface area contributed by atoms with Crippen LogP contribution in [-0.2, 0) is 9.59 Å². The Labute approximate surface area is 166 Å². The number of amidine groups is 1. The fourth-order valence-corrected chi connectivity index (χ4v) is 6.25. The first-order valence-electron chi connectivity index (χ1n) is 8.65. The molecule has 1 aromatic rings. The van der Waals surface area contributed by atoms with E-state index in [-0.39, 0.29) is 22.7 Å². The minimum absolute atomic E-state index is 0.0140. The second-order valence-electron chi connectivity index (χ2n) is 6.88. The van der Waals surface area contributed by atoms with Crippen LogP contribution in [0.2, 0.25) is 5.02 Å². The van der Waals surface area contributed by atoms with E-state index in [9.17, 15) is 9.59 Å². The molecule has 2 amide bonds. The summed E-state index contributed by atoms with van der Waals surface area (Å²) in [6, 6.07) is 5.22. The van der Waals surface area contributed by atoms with Crippen LogP contribution in [-0.4, -0.2) is 55.7 Å². The van der Waals surface area contributed by atoms with Gasteiger partial charge in [0.1, 0.15) is 6.04 Å². The molecule has 0 unspecified atom stereocenters. The van der Waals surface area contributed by atoms with Crippen molar-refractivity contribution in [1.82, 2.24) is 9.80 Å². The van der Waals surface area contributed by atoms with Gasteiger partial charge in [0.2, 0.25) is 5.91 Å². The van der Waals surface area contributed by atoms with Gasteiger partial charge in [-0.05, 0) is 38.0 Å². The normalized spacial score (nSPS) is 29.7. The number of carbonyl (C=O) groups excluding carboxylic acids is 2. The molecule has 3 saturated heterocycles. The number of nitrogens with zero attached hydrogens (tertiary/aromatic N) is 3. The van der Waals surface area contributed by atoms with Crippen molar-refractivity contribution in [2.75, 3.05) is 18.1 Å². The Morgan fingerprint density at radius 2 is 2.23 bits per heavy atom. The SMILES string of the molecule is Cc1c(Cl)cccc1N=C1SCCN1C(=O)[C@@H]1CS[C@@]2(C)CCC(=O)N12. The van der Waals surface area contributed by atoms with Crippen LogP contribution in [0.1, 0.15) is 25.3 Å². The quantitative estimate of drug-likeness (QED) is 0.747. The third kappa shape index (κ3) is 2.94. The first-order valence-corrected chi connectivity index (χ1v) is 11.0. The highest BCUT2D eigenvalue weighted by molar-refractivity contribution is 8.14. The van der Waals surface area contributed by atoms with Gasteiger partial charge in [-0.2, -0.15) is 0 Å². The number of carbonyl (C=O) groups is 2. The minimum atomic E-state index is -0.385. The Bertz CT molecular complexity index is 816. The summed E-state index contributed by atoms with van der Waals surface area (Å²) in [5.74, 6) is 1.55. The molecule has 5 nitrogen and oxygen atoms in total. The zero-order valence-corrected chi connectivity index (χ0v) is 17.1. The van der Waals surface area contributed by atoms with E-state index in [0.717, 1.165) is 23.4 Å². The first kappa shape index (κ1) is 18.2. The third-order valence-corrected chi connectivity index (χ3v) is 8.10. The third-order valence-electron chi connectivity index (χ3n) is 5.23. The Kier molecular flexibility index (Phi) is 4.73. The monoisotopic (exact) mass is 409 g/mol. The highest BCUT2D eigenvalue weighted by Gasteiger charge is 2.54. The van der Waals surface area contributed by atoms with Crippen molar-refractivity contribution in [1.29, 1.82) is 0 Å². The number of amides is 2. The van der Waals surface area contributed by atoms with Gasteiger partial charge in [0.15, 0.2) is 5.17 Å². The Balaban J connectivity index is 1.61. The zero-order valence-electron chi connectivity index (χ0n) is 14.7. The molecule has 4 rings (SSSR count). The smallest absolute Gasteiger partial charge is 0.252 e. The summed E-state index contributed by atoms with van der Waals surface area (Å²) in [6.07, 6.45) is 1.35. The van der Waals surface area contributed by atoms with Gasteiger partial charge in [-0.3, -0.25) is 14.5 Å². The molecular formula is C18H20ClN3O2S2. The second-order valence-corrected chi connectivity index (χ2v) is 9.85. The van der Waals surface area contributed by atoms with Crippen LogP contribution in [0.25, 0.3) is 0 Å². The molecule has 0 aliphatic carbocycles. The van der Waals surface area contributed by atoms with E-state index in [0.29, 0.717) is 28.9 Å². The van der Waals surface area contributed by atoms with Crippen LogP contribution in [0.5, 0.6) is 0 Å². The van der Waals surface area contributed by atoms with Gasteiger partial charge in [0.05, 0.1) is 10.6 Å². The van der Waals surface area contributed by atoms with Crippen LogP contribution < -0.4 is 0 Å². The average molecular weight is 410 g/mol. The van der Waals surface area contributed by atoms with Crippen LogP contribution in [0, 0.1) is 6.92 Å². The van der Waals surface area contributed by atoms with Crippen molar-refractivity contribution in [3.63, 3.8) is 0 Å². The van der Waals surface area contributed by atoms with Gasteiger partial charge in [0, 0.05) is 29.5 Å². The molecule has 0 N–H and O–H groups in total. The molecule has 0 spiro atoms. The van der Waals surface area contributed by atoms with Crippen molar-refractivity contribution in [2.24, 2.45) is 4.99 Å². The molecule has 3 heterocycles. The minimum Gasteiger partial charge on any atom is -0.315 e. The van der Waals surface area contributed by atoms with E-state index in [2.05, 4.69) is 6.92 Å². The molecule has 2 atom stereocenters. The number of hydrogen-bond acceptors (Lipinski definition) is 5. The molecule has 3 aliphatic rings. The van der Waals surface area contributed by atoms with Crippen LogP contribution >= 0.6 is 35.1 Å². The molecule has 0 radical (unpaired) electrons. The molecule has 0 aromatic heterocycles. The Morgan fingerprint density at radius 1 is 1.42 bits per heavy atom. The van der Waals surface area contributed by atoms with Crippen LogP contribution in [0.3, 0.4) is 0 Å². The lowest BCUT2D eigenvalue weighted by Crippen LogP contribution is -2.51. The maximum Gasteiger partial charge on any atom is 0.252 e. The Morgan fingerprint density at radius 3 is 3.04 bits per heavy atom. The summed E-state index contributed by atoms with van der Waals surface area (Å²) < 4.78 is 0. The molecular weight excluding hydrogens is 390 g/mol. The van der Waals surface area contributed by atoms with Gasteiger partial charge < -0.3 is 4.90 Å². The fourth-order valence-electron chi connectivity index (χ4n) is 3.70. The largest absolute Gasteiger partial charge is 0.315 e. The molecule has 0 saturated carbocycles. The van der Waals surface area contributed by atoms with Crippen molar-refractivity contribution in [3.8, 4) is 0 Å². The topological polar surface area (TPSA) is 53.0 Å². The zero-order chi connectivity index (χ0) is 18.5. The number of aliphatic imine (C=N–C) groups is 1. The van der Waals surface area contributed by atoms with Crippen molar-refractivity contribution in [3.05, 3.63) is 28.8 Å². The fraction of sp³-hybridized carbons (Fsp3) is 0.500. The predicted molar refractivity (Wildman–Crippen MR) is 108 cm³/mol. The lowest BCUT2D eigenvalue weighted by molar-refractivity contribution is -0.141. The lowest BCUT2D eigenvalue weighted by Gasteiger charge is -2.31. The molecule has 0 bridgehead atoms. The molecule has 26 heavy (non-hydrogen) atoms. The number of rotatable bonds is 2. The van der Waals surface area contributed by atoms with Gasteiger partial charge in [-0.15, -0.1) is 11.8 Å². The van der Waals surface area contributed by atoms with E-state index in [1.165, 1.54) is 0 Å². The number of thioether (sulfide) groups is 2. The highest BCUT2D eigenvalue weighted by Crippen LogP contribution is 2.47. The lowest BCUT2D eigenvalue weighted by atomic mass is 10.2. The van der Waals surface area contributed by atoms with Crippen molar-refractivity contribution >= 4 is 57.8 Å². The van der Waals surface area contributed by atoms with E-state index < -0.39 is 0 Å². The molecule has 138 valence electrons. The van der Waals surface area contributed by atoms with Crippen LogP contribution in [0.15, 0.2) is 23.2 Å². The van der Waals surface area contributed by atoms with E-state index in [1.54, 1.807) is 28.4 Å². The van der Waals surface area contributed by atoms with E-state index in [4.69, 9.17) is 16.6 Å². The number of benzene rings is 1. The Hall–Kier alpha value is -1.18. The summed E-state index contributed by atoms with van der Waals surface area (Å²) in [4.78, 5) is 33.6. The first-order chi connectivity index (χ1) is 12.4. The maximum atomic E-state index is 13.2. The second kappa shape index (κ2) is 6.77. The maximum absolute atomic E-state index is 13.2. The molecule has 3 fully saturated rings. The number of hydrogen-bond donors (Lipinski definition) is 0. The average Bonchev–Trinajstić information content (AvgIpc) is 3.28. The molecule has 3 aliphatic heterocycles. The van der Waals surface area contributed by atoms with Gasteiger partial charge in [-0.1, -0.05) is 29.4 Å². The van der Waals surface area contributed by atoms with Gasteiger partial charge >= 0.3 is 0 Å². The van der Waals surface area contributed by atoms with Crippen molar-refractivity contribution < 1.29 is 9.59 Å². The highest BCUT2D eigenvalue weighted by atomic mass is 35.5. The molecule has 1 aromatic carbocycles.